The molecule has 1 saturated carbocycles. The molecule has 1 atom stereocenters. The van der Waals surface area contributed by atoms with Crippen molar-refractivity contribution in [1.29, 1.82) is 0 Å². The lowest BCUT2D eigenvalue weighted by atomic mass is 9.98. The van der Waals surface area contributed by atoms with Crippen molar-refractivity contribution in [2.24, 2.45) is 5.92 Å². The molecule has 110 valence electrons. The molecule has 2 fully saturated rings. The van der Waals surface area contributed by atoms with Gasteiger partial charge in [0.05, 0.1) is 0 Å². The summed E-state index contributed by atoms with van der Waals surface area (Å²) >= 11 is 3.73. The summed E-state index contributed by atoms with van der Waals surface area (Å²) in [6.07, 6.45) is 5.52. The van der Waals surface area contributed by atoms with Crippen molar-refractivity contribution in [3.05, 3.63) is 33.8 Å². The molecule has 3 heteroatoms. The Balaban J connectivity index is 1.64. The molecule has 1 aromatic carbocycles. The maximum Gasteiger partial charge on any atom is 0.0248 e. The Morgan fingerprint density at radius 1 is 1.30 bits per heavy atom. The zero-order chi connectivity index (χ0) is 13.9. The van der Waals surface area contributed by atoms with Gasteiger partial charge in [-0.3, -0.25) is 4.90 Å². The third-order valence-corrected chi connectivity index (χ3v) is 5.28. The highest BCUT2D eigenvalue weighted by molar-refractivity contribution is 9.10. The summed E-state index contributed by atoms with van der Waals surface area (Å²) < 4.78 is 1.27. The summed E-state index contributed by atoms with van der Waals surface area (Å²) in [4.78, 5) is 2.72. The van der Waals surface area contributed by atoms with E-state index in [4.69, 9.17) is 0 Å². The van der Waals surface area contributed by atoms with Gasteiger partial charge in [0.25, 0.3) is 0 Å². The van der Waals surface area contributed by atoms with Gasteiger partial charge in [-0.25, -0.2) is 0 Å². The number of piperidine rings is 1. The maximum absolute atomic E-state index is 3.73. The summed E-state index contributed by atoms with van der Waals surface area (Å²) in [6, 6.07) is 7.59. The fourth-order valence-corrected chi connectivity index (χ4v) is 3.81. The molecular formula is C17H25BrN2. The highest BCUT2D eigenvalue weighted by atomic mass is 79.9. The number of nitrogens with one attached hydrogen (secondary N) is 1. The Bertz CT molecular complexity index is 450. The largest absolute Gasteiger partial charge is 0.316 e. The molecule has 1 unspecified atom stereocenters. The van der Waals surface area contributed by atoms with Crippen molar-refractivity contribution in [2.45, 2.75) is 45.2 Å². The van der Waals surface area contributed by atoms with Gasteiger partial charge in [-0.15, -0.1) is 0 Å². The first-order chi connectivity index (χ1) is 9.72. The average Bonchev–Trinajstić information content (AvgIpc) is 3.26. The molecule has 20 heavy (non-hydrogen) atoms. The number of hydrogen-bond donors (Lipinski definition) is 1. The Hall–Kier alpha value is -0.380. The third kappa shape index (κ3) is 3.84. The second-order valence-corrected chi connectivity index (χ2v) is 7.32. The van der Waals surface area contributed by atoms with Crippen LogP contribution in [0.5, 0.6) is 0 Å². The van der Waals surface area contributed by atoms with Crippen LogP contribution in [0.3, 0.4) is 0 Å². The van der Waals surface area contributed by atoms with Crippen molar-refractivity contribution < 1.29 is 0 Å². The molecule has 0 radical (unpaired) electrons. The first-order valence-corrected chi connectivity index (χ1v) is 8.71. The summed E-state index contributed by atoms with van der Waals surface area (Å²) in [5.74, 6) is 0.841. The van der Waals surface area contributed by atoms with E-state index < -0.39 is 0 Å². The quantitative estimate of drug-likeness (QED) is 0.881. The molecule has 1 N–H and O–H groups in total. The van der Waals surface area contributed by atoms with Crippen LogP contribution in [0.2, 0.25) is 0 Å². The van der Waals surface area contributed by atoms with Gasteiger partial charge in [0.1, 0.15) is 0 Å². The van der Waals surface area contributed by atoms with Crippen molar-refractivity contribution in [2.75, 3.05) is 19.6 Å². The molecular weight excluding hydrogens is 312 g/mol. The number of halogens is 1. The minimum absolute atomic E-state index is 0.838. The predicted molar refractivity (Wildman–Crippen MR) is 87.9 cm³/mol. The van der Waals surface area contributed by atoms with Gasteiger partial charge in [-0.1, -0.05) is 28.1 Å². The maximum atomic E-state index is 3.73. The summed E-state index contributed by atoms with van der Waals surface area (Å²) in [5.41, 5.74) is 2.77. The Kier molecular flexibility index (Phi) is 4.79. The average molecular weight is 337 g/mol. The van der Waals surface area contributed by atoms with Crippen LogP contribution in [0.15, 0.2) is 22.7 Å². The normalized spacial score (nSPS) is 23.2. The van der Waals surface area contributed by atoms with Gasteiger partial charge < -0.3 is 5.32 Å². The van der Waals surface area contributed by atoms with E-state index in [0.717, 1.165) is 18.5 Å². The third-order valence-electron chi connectivity index (χ3n) is 4.54. The number of aryl methyl sites for hydroxylation is 1. The van der Waals surface area contributed by atoms with Gasteiger partial charge >= 0.3 is 0 Å². The SMILES string of the molecule is Cc1ccc(CN(CC2CCCNC2)C2CC2)c(Br)c1. The second-order valence-electron chi connectivity index (χ2n) is 6.47. The van der Waals surface area contributed by atoms with E-state index >= 15 is 0 Å². The molecule has 3 rings (SSSR count). The lowest BCUT2D eigenvalue weighted by Crippen LogP contribution is -2.39. The molecule has 1 aliphatic heterocycles. The Morgan fingerprint density at radius 2 is 2.15 bits per heavy atom. The minimum Gasteiger partial charge on any atom is -0.316 e. The van der Waals surface area contributed by atoms with Gasteiger partial charge in [0.2, 0.25) is 0 Å². The van der Waals surface area contributed by atoms with E-state index in [9.17, 15) is 0 Å². The molecule has 0 amide bonds. The van der Waals surface area contributed by atoms with E-state index in [1.807, 2.05) is 0 Å². The first kappa shape index (κ1) is 14.6. The van der Waals surface area contributed by atoms with Crippen molar-refractivity contribution in [1.82, 2.24) is 10.2 Å². The van der Waals surface area contributed by atoms with Gasteiger partial charge in [-0.2, -0.15) is 0 Å². The molecule has 2 aliphatic rings. The van der Waals surface area contributed by atoms with E-state index in [2.05, 4.69) is 51.3 Å². The topological polar surface area (TPSA) is 15.3 Å². The molecule has 0 spiro atoms. The highest BCUT2D eigenvalue weighted by Gasteiger charge is 2.31. The van der Waals surface area contributed by atoms with Crippen molar-refractivity contribution in [3.63, 3.8) is 0 Å². The second kappa shape index (κ2) is 6.59. The predicted octanol–water partition coefficient (Wildman–Crippen LogP) is 3.72. The Labute approximate surface area is 131 Å². The number of rotatable bonds is 5. The molecule has 1 aliphatic carbocycles. The molecule has 0 aromatic heterocycles. The van der Waals surface area contributed by atoms with Crippen LogP contribution in [-0.4, -0.2) is 30.6 Å². The van der Waals surface area contributed by atoms with Gasteiger partial charge in [-0.05, 0) is 68.8 Å². The monoisotopic (exact) mass is 336 g/mol. The Morgan fingerprint density at radius 3 is 2.80 bits per heavy atom. The fourth-order valence-electron chi connectivity index (χ4n) is 3.19. The van der Waals surface area contributed by atoms with E-state index in [1.165, 1.54) is 60.9 Å². The molecule has 2 nitrogen and oxygen atoms in total. The minimum atomic E-state index is 0.838. The van der Waals surface area contributed by atoms with Crippen LogP contribution >= 0.6 is 15.9 Å². The van der Waals surface area contributed by atoms with Gasteiger partial charge in [0.15, 0.2) is 0 Å². The van der Waals surface area contributed by atoms with Crippen LogP contribution in [0, 0.1) is 12.8 Å². The van der Waals surface area contributed by atoms with Crippen LogP contribution in [-0.2, 0) is 6.54 Å². The molecule has 1 aromatic rings. The number of hydrogen-bond acceptors (Lipinski definition) is 2. The van der Waals surface area contributed by atoms with Crippen LogP contribution in [0.25, 0.3) is 0 Å². The fraction of sp³-hybridized carbons (Fsp3) is 0.647. The zero-order valence-electron chi connectivity index (χ0n) is 12.4. The smallest absolute Gasteiger partial charge is 0.0248 e. The molecule has 1 saturated heterocycles. The lowest BCUT2D eigenvalue weighted by Gasteiger charge is -2.30. The van der Waals surface area contributed by atoms with Crippen LogP contribution in [0.4, 0.5) is 0 Å². The van der Waals surface area contributed by atoms with E-state index in [1.54, 1.807) is 0 Å². The summed E-state index contributed by atoms with van der Waals surface area (Å²) in [6.45, 7) is 6.93. The van der Waals surface area contributed by atoms with Crippen molar-refractivity contribution >= 4 is 15.9 Å². The highest BCUT2D eigenvalue weighted by Crippen LogP contribution is 2.31. The van der Waals surface area contributed by atoms with E-state index in [-0.39, 0.29) is 0 Å². The van der Waals surface area contributed by atoms with Crippen molar-refractivity contribution in [3.8, 4) is 0 Å². The lowest BCUT2D eigenvalue weighted by molar-refractivity contribution is 0.192. The van der Waals surface area contributed by atoms with Crippen LogP contribution < -0.4 is 5.32 Å². The summed E-state index contributed by atoms with van der Waals surface area (Å²) in [7, 11) is 0. The molecule has 0 bridgehead atoms. The number of nitrogens with zero attached hydrogens (tertiary/aromatic N) is 1. The first-order valence-electron chi connectivity index (χ1n) is 7.92. The molecule has 1 heterocycles. The number of benzene rings is 1. The zero-order valence-corrected chi connectivity index (χ0v) is 14.0. The standard InChI is InChI=1S/C17H25BrN2/c1-13-4-5-15(17(18)9-13)12-20(16-6-7-16)11-14-3-2-8-19-10-14/h4-5,9,14,16,19H,2-3,6-8,10-12H2,1H3. The van der Waals surface area contributed by atoms with E-state index in [0.29, 0.717) is 0 Å². The summed E-state index contributed by atoms with van der Waals surface area (Å²) in [5, 5.41) is 3.55. The van der Waals surface area contributed by atoms with Gasteiger partial charge in [0, 0.05) is 23.6 Å². The van der Waals surface area contributed by atoms with Crippen LogP contribution in [0.1, 0.15) is 36.8 Å².